The Labute approximate surface area is 120 Å². The molecule has 0 aliphatic carbocycles. The number of nitrogens with two attached hydrogens (primary N) is 1. The Kier molecular flexibility index (Phi) is 5.66. The summed E-state index contributed by atoms with van der Waals surface area (Å²) in [5.41, 5.74) is 0.0850. The highest BCUT2D eigenvalue weighted by Crippen LogP contribution is 2.19. The molecule has 0 aromatic carbocycles. The van der Waals surface area contributed by atoms with E-state index in [1.807, 2.05) is 6.92 Å². The standard InChI is InChI=1S/C11H16N2O5S2/c1-2-3-4-8(11(15)16)13-10(14)7-5-9(19-6-7)20(12,17)18/h5-6,8H,2-4H2,1H3,(H,13,14)(H,15,16)(H2,12,17,18)/t8-/m0/s1. The van der Waals surface area contributed by atoms with Gasteiger partial charge >= 0.3 is 5.97 Å². The fourth-order valence-electron chi connectivity index (χ4n) is 1.49. The molecule has 0 bridgehead atoms. The zero-order valence-electron chi connectivity index (χ0n) is 10.8. The van der Waals surface area contributed by atoms with Crippen LogP contribution in [-0.4, -0.2) is 31.4 Å². The lowest BCUT2D eigenvalue weighted by molar-refractivity contribution is -0.139. The molecule has 1 atom stereocenters. The van der Waals surface area contributed by atoms with Crippen molar-refractivity contribution in [3.63, 3.8) is 0 Å². The number of hydrogen-bond donors (Lipinski definition) is 3. The number of hydrogen-bond acceptors (Lipinski definition) is 5. The Balaban J connectivity index is 2.79. The maximum atomic E-state index is 11.9. The Morgan fingerprint density at radius 1 is 1.50 bits per heavy atom. The molecule has 1 rings (SSSR count). The molecule has 1 heterocycles. The summed E-state index contributed by atoms with van der Waals surface area (Å²) >= 11 is 0.817. The first-order valence-electron chi connectivity index (χ1n) is 5.90. The number of thiophene rings is 1. The topological polar surface area (TPSA) is 127 Å². The van der Waals surface area contributed by atoms with Crippen molar-refractivity contribution in [2.75, 3.05) is 0 Å². The molecule has 1 aromatic heterocycles. The van der Waals surface area contributed by atoms with Crippen LogP contribution in [0.3, 0.4) is 0 Å². The fourth-order valence-corrected chi connectivity index (χ4v) is 3.08. The summed E-state index contributed by atoms with van der Waals surface area (Å²) in [7, 11) is -3.85. The summed E-state index contributed by atoms with van der Waals surface area (Å²) in [5, 5.41) is 17.6. The van der Waals surface area contributed by atoms with Crippen LogP contribution >= 0.6 is 11.3 Å². The first-order chi connectivity index (χ1) is 9.25. The van der Waals surface area contributed by atoms with Gasteiger partial charge < -0.3 is 10.4 Å². The summed E-state index contributed by atoms with van der Waals surface area (Å²) in [6, 6.07) is 0.147. The monoisotopic (exact) mass is 320 g/mol. The highest BCUT2D eigenvalue weighted by Gasteiger charge is 2.21. The lowest BCUT2D eigenvalue weighted by Crippen LogP contribution is -2.40. The van der Waals surface area contributed by atoms with Gasteiger partial charge in [-0.1, -0.05) is 19.8 Å². The molecule has 0 aliphatic heterocycles. The zero-order valence-corrected chi connectivity index (χ0v) is 12.5. The predicted octanol–water partition coefficient (Wildman–Crippen LogP) is 0.769. The van der Waals surface area contributed by atoms with Gasteiger partial charge in [-0.05, 0) is 12.5 Å². The first-order valence-corrected chi connectivity index (χ1v) is 8.33. The third kappa shape index (κ3) is 4.58. The molecule has 0 saturated heterocycles. The Morgan fingerprint density at radius 2 is 2.15 bits per heavy atom. The fraction of sp³-hybridized carbons (Fsp3) is 0.455. The van der Waals surface area contributed by atoms with E-state index in [1.165, 1.54) is 5.38 Å². The molecule has 1 aromatic rings. The first kappa shape index (κ1) is 16.6. The summed E-state index contributed by atoms with van der Waals surface area (Å²) in [4.78, 5) is 22.9. The van der Waals surface area contributed by atoms with Gasteiger partial charge in [0.05, 0.1) is 5.56 Å². The average Bonchev–Trinajstić information content (AvgIpc) is 2.83. The molecule has 0 spiro atoms. The van der Waals surface area contributed by atoms with E-state index >= 15 is 0 Å². The van der Waals surface area contributed by atoms with Crippen LogP contribution in [0.15, 0.2) is 15.7 Å². The molecular weight excluding hydrogens is 304 g/mol. The van der Waals surface area contributed by atoms with Crippen molar-refractivity contribution in [3.05, 3.63) is 17.0 Å². The van der Waals surface area contributed by atoms with Crippen LogP contribution in [0.2, 0.25) is 0 Å². The van der Waals surface area contributed by atoms with E-state index in [-0.39, 0.29) is 9.77 Å². The smallest absolute Gasteiger partial charge is 0.326 e. The van der Waals surface area contributed by atoms with E-state index < -0.39 is 27.9 Å². The maximum Gasteiger partial charge on any atom is 0.326 e. The number of carboxylic acid groups (broad SMARTS) is 1. The van der Waals surface area contributed by atoms with Crippen LogP contribution in [0.4, 0.5) is 0 Å². The second-order valence-electron chi connectivity index (χ2n) is 4.21. The summed E-state index contributed by atoms with van der Waals surface area (Å²) in [6.45, 7) is 1.91. The normalized spacial score (nSPS) is 12.9. The van der Waals surface area contributed by atoms with Gasteiger partial charge in [-0.2, -0.15) is 0 Å². The minimum atomic E-state index is -3.85. The van der Waals surface area contributed by atoms with Crippen molar-refractivity contribution in [1.82, 2.24) is 5.32 Å². The van der Waals surface area contributed by atoms with E-state index in [9.17, 15) is 18.0 Å². The second-order valence-corrected chi connectivity index (χ2v) is 6.91. The number of sulfonamides is 1. The van der Waals surface area contributed by atoms with Crippen LogP contribution in [0, 0.1) is 0 Å². The molecule has 0 fully saturated rings. The number of amides is 1. The van der Waals surface area contributed by atoms with E-state index in [0.717, 1.165) is 23.8 Å². The van der Waals surface area contributed by atoms with Crippen molar-refractivity contribution in [3.8, 4) is 0 Å². The average molecular weight is 320 g/mol. The SMILES string of the molecule is CCCC[C@H](NC(=O)c1csc(S(N)(=O)=O)c1)C(=O)O. The van der Waals surface area contributed by atoms with Crippen molar-refractivity contribution in [2.24, 2.45) is 5.14 Å². The van der Waals surface area contributed by atoms with Gasteiger partial charge in [-0.25, -0.2) is 18.4 Å². The Hall–Kier alpha value is -1.45. The molecule has 112 valence electrons. The van der Waals surface area contributed by atoms with Gasteiger partial charge in [-0.3, -0.25) is 4.79 Å². The van der Waals surface area contributed by atoms with Crippen LogP contribution in [-0.2, 0) is 14.8 Å². The van der Waals surface area contributed by atoms with Gasteiger partial charge in [0.2, 0.25) is 10.0 Å². The number of primary sulfonamides is 1. The van der Waals surface area contributed by atoms with Crippen molar-refractivity contribution in [2.45, 2.75) is 36.4 Å². The Morgan fingerprint density at radius 3 is 2.60 bits per heavy atom. The molecule has 0 radical (unpaired) electrons. The van der Waals surface area contributed by atoms with Crippen LogP contribution in [0.5, 0.6) is 0 Å². The number of carboxylic acids is 1. The number of carbonyl (C=O) groups excluding carboxylic acids is 1. The molecule has 0 saturated carbocycles. The molecule has 0 aliphatic rings. The van der Waals surface area contributed by atoms with Crippen LogP contribution in [0.1, 0.15) is 36.5 Å². The molecule has 9 heteroatoms. The summed E-state index contributed by atoms with van der Waals surface area (Å²) < 4.78 is 22.1. The number of carbonyl (C=O) groups is 2. The van der Waals surface area contributed by atoms with Crippen LogP contribution < -0.4 is 10.5 Å². The maximum absolute atomic E-state index is 11.9. The second kappa shape index (κ2) is 6.82. The number of rotatable bonds is 7. The zero-order chi connectivity index (χ0) is 15.3. The van der Waals surface area contributed by atoms with Crippen molar-refractivity contribution in [1.29, 1.82) is 0 Å². The summed E-state index contributed by atoms with van der Waals surface area (Å²) in [6.07, 6.45) is 1.81. The Bertz CT molecular complexity index is 594. The highest BCUT2D eigenvalue weighted by atomic mass is 32.2. The third-order valence-electron chi connectivity index (χ3n) is 2.57. The van der Waals surface area contributed by atoms with E-state index in [2.05, 4.69) is 5.32 Å². The van der Waals surface area contributed by atoms with E-state index in [0.29, 0.717) is 12.8 Å². The minimum Gasteiger partial charge on any atom is -0.480 e. The molecular formula is C11H16N2O5S2. The molecule has 0 unspecified atom stereocenters. The van der Waals surface area contributed by atoms with Gasteiger partial charge in [-0.15, -0.1) is 11.3 Å². The minimum absolute atomic E-state index is 0.0850. The third-order valence-corrected chi connectivity index (χ3v) is 4.95. The lowest BCUT2D eigenvalue weighted by Gasteiger charge is -2.13. The number of unbranched alkanes of at least 4 members (excludes halogenated alkanes) is 1. The number of aliphatic carboxylic acids is 1. The summed E-state index contributed by atoms with van der Waals surface area (Å²) in [5.74, 6) is -1.74. The van der Waals surface area contributed by atoms with Gasteiger partial charge in [0, 0.05) is 5.38 Å². The molecule has 7 nitrogen and oxygen atoms in total. The van der Waals surface area contributed by atoms with Crippen molar-refractivity contribution >= 4 is 33.2 Å². The van der Waals surface area contributed by atoms with E-state index in [4.69, 9.17) is 10.2 Å². The number of nitrogens with one attached hydrogen (secondary N) is 1. The van der Waals surface area contributed by atoms with E-state index in [1.54, 1.807) is 0 Å². The largest absolute Gasteiger partial charge is 0.480 e. The molecule has 1 amide bonds. The van der Waals surface area contributed by atoms with Gasteiger partial charge in [0.1, 0.15) is 10.3 Å². The van der Waals surface area contributed by atoms with Gasteiger partial charge in [0.25, 0.3) is 5.91 Å². The predicted molar refractivity (Wildman–Crippen MR) is 74.1 cm³/mol. The quantitative estimate of drug-likeness (QED) is 0.684. The lowest BCUT2D eigenvalue weighted by atomic mass is 10.1. The van der Waals surface area contributed by atoms with Gasteiger partial charge in [0.15, 0.2) is 0 Å². The molecule has 20 heavy (non-hydrogen) atoms. The van der Waals surface area contributed by atoms with Crippen LogP contribution in [0.25, 0.3) is 0 Å². The molecule has 4 N–H and O–H groups in total. The highest BCUT2D eigenvalue weighted by molar-refractivity contribution is 7.91. The van der Waals surface area contributed by atoms with Crippen molar-refractivity contribution < 1.29 is 23.1 Å².